The molecule has 0 aromatic heterocycles. The van der Waals surface area contributed by atoms with Crippen LogP contribution in [0, 0.1) is 0 Å². The van der Waals surface area contributed by atoms with Gasteiger partial charge in [0.05, 0.1) is 14.2 Å². The molecule has 1 N–H and O–H groups in total. The largest absolute Gasteiger partial charge is 0.497 e. The van der Waals surface area contributed by atoms with Gasteiger partial charge in [-0.1, -0.05) is 12.1 Å². The third-order valence-electron chi connectivity index (χ3n) is 3.68. The van der Waals surface area contributed by atoms with Gasteiger partial charge >= 0.3 is 12.0 Å². The van der Waals surface area contributed by atoms with Crippen LogP contribution in [0.25, 0.3) is 0 Å². The Morgan fingerprint density at radius 1 is 1.12 bits per heavy atom. The maximum atomic E-state index is 12.2. The van der Waals surface area contributed by atoms with Crippen LogP contribution in [0.2, 0.25) is 0 Å². The number of methoxy groups -OCH3 is 2. The molecule has 0 radical (unpaired) electrons. The van der Waals surface area contributed by atoms with Crippen molar-refractivity contribution in [3.05, 3.63) is 29.8 Å². The minimum Gasteiger partial charge on any atom is -0.497 e. The van der Waals surface area contributed by atoms with Crippen LogP contribution in [0.5, 0.6) is 5.75 Å². The standard InChI is InChI=1S/C17H27N3O4/c1-19(2)11-10-18-17(22)20(3)15(16(21)24-5)12-13-6-8-14(23-4)9-7-13/h6-9,15H,10-12H2,1-5H3,(H,18,22)/t15-/m0/s1. The van der Waals surface area contributed by atoms with Gasteiger partial charge in [-0.25, -0.2) is 9.59 Å². The van der Waals surface area contributed by atoms with E-state index in [0.29, 0.717) is 13.0 Å². The highest BCUT2D eigenvalue weighted by Crippen LogP contribution is 2.15. The van der Waals surface area contributed by atoms with Crippen LogP contribution in [0.3, 0.4) is 0 Å². The van der Waals surface area contributed by atoms with Gasteiger partial charge in [-0.3, -0.25) is 0 Å². The number of hydrogen-bond donors (Lipinski definition) is 1. The molecule has 7 nitrogen and oxygen atoms in total. The number of likely N-dealkylation sites (N-methyl/N-ethyl adjacent to an activating group) is 2. The minimum absolute atomic E-state index is 0.305. The van der Waals surface area contributed by atoms with Crippen molar-refractivity contribution < 1.29 is 19.1 Å². The zero-order valence-corrected chi connectivity index (χ0v) is 15.0. The summed E-state index contributed by atoms with van der Waals surface area (Å²) in [4.78, 5) is 27.7. The summed E-state index contributed by atoms with van der Waals surface area (Å²) >= 11 is 0. The summed E-state index contributed by atoms with van der Waals surface area (Å²) in [6, 6.07) is 6.38. The molecule has 0 bridgehead atoms. The number of esters is 1. The highest BCUT2D eigenvalue weighted by molar-refractivity contribution is 5.83. The second kappa shape index (κ2) is 9.77. The Kier molecular flexibility index (Phi) is 8.05. The van der Waals surface area contributed by atoms with E-state index in [4.69, 9.17) is 9.47 Å². The van der Waals surface area contributed by atoms with E-state index < -0.39 is 12.0 Å². The molecule has 0 aliphatic rings. The topological polar surface area (TPSA) is 71.1 Å². The van der Waals surface area contributed by atoms with Crippen molar-refractivity contribution in [2.45, 2.75) is 12.5 Å². The van der Waals surface area contributed by atoms with Gasteiger partial charge in [-0.2, -0.15) is 0 Å². The van der Waals surface area contributed by atoms with E-state index in [9.17, 15) is 9.59 Å². The first-order valence-electron chi connectivity index (χ1n) is 7.75. The number of carbonyl (C=O) groups is 2. The van der Waals surface area contributed by atoms with E-state index >= 15 is 0 Å². The Labute approximate surface area is 143 Å². The Balaban J connectivity index is 2.75. The molecule has 0 fully saturated rings. The molecule has 1 aromatic rings. The van der Waals surface area contributed by atoms with Crippen LogP contribution >= 0.6 is 0 Å². The summed E-state index contributed by atoms with van der Waals surface area (Å²) in [5.41, 5.74) is 0.916. The molecule has 0 unspecified atom stereocenters. The minimum atomic E-state index is -0.692. The Morgan fingerprint density at radius 2 is 1.75 bits per heavy atom. The number of carbonyl (C=O) groups excluding carboxylic acids is 2. The molecule has 0 heterocycles. The molecule has 2 amide bonds. The fraction of sp³-hybridized carbons (Fsp3) is 0.529. The fourth-order valence-corrected chi connectivity index (χ4v) is 2.15. The number of amides is 2. The number of nitrogens with zero attached hydrogens (tertiary/aromatic N) is 2. The van der Waals surface area contributed by atoms with Crippen molar-refractivity contribution in [2.75, 3.05) is 48.5 Å². The first kappa shape index (κ1) is 19.8. The van der Waals surface area contributed by atoms with Gasteiger partial charge in [0, 0.05) is 26.6 Å². The zero-order chi connectivity index (χ0) is 18.1. The molecule has 24 heavy (non-hydrogen) atoms. The third-order valence-corrected chi connectivity index (χ3v) is 3.68. The maximum Gasteiger partial charge on any atom is 0.328 e. The molecule has 0 aliphatic carbocycles. The first-order valence-corrected chi connectivity index (χ1v) is 7.75. The lowest BCUT2D eigenvalue weighted by Gasteiger charge is -2.26. The van der Waals surface area contributed by atoms with Crippen molar-refractivity contribution in [3.8, 4) is 5.75 Å². The van der Waals surface area contributed by atoms with Gasteiger partial charge in [0.25, 0.3) is 0 Å². The second-order valence-corrected chi connectivity index (χ2v) is 5.74. The number of benzene rings is 1. The summed E-state index contributed by atoms with van der Waals surface area (Å²) in [5.74, 6) is 0.291. The molecule has 0 spiro atoms. The Hall–Kier alpha value is -2.28. The molecular weight excluding hydrogens is 310 g/mol. The molecule has 0 aliphatic heterocycles. The number of ether oxygens (including phenoxy) is 2. The lowest BCUT2D eigenvalue weighted by Crippen LogP contribution is -2.49. The number of hydrogen-bond acceptors (Lipinski definition) is 5. The van der Waals surface area contributed by atoms with Crippen LogP contribution in [-0.2, 0) is 16.0 Å². The quantitative estimate of drug-likeness (QED) is 0.716. The summed E-state index contributed by atoms with van der Waals surface area (Å²) in [6.07, 6.45) is 0.369. The summed E-state index contributed by atoms with van der Waals surface area (Å²) < 4.78 is 9.97. The summed E-state index contributed by atoms with van der Waals surface area (Å²) in [6.45, 7) is 1.23. The van der Waals surface area contributed by atoms with Gasteiger partial charge < -0.3 is 24.6 Å². The van der Waals surface area contributed by atoms with Crippen molar-refractivity contribution in [1.82, 2.24) is 15.1 Å². The Morgan fingerprint density at radius 3 is 2.25 bits per heavy atom. The van der Waals surface area contributed by atoms with E-state index in [1.165, 1.54) is 12.0 Å². The molecule has 7 heteroatoms. The monoisotopic (exact) mass is 337 g/mol. The molecule has 1 atom stereocenters. The third kappa shape index (κ3) is 6.08. The molecule has 0 saturated heterocycles. The van der Waals surface area contributed by atoms with E-state index in [1.54, 1.807) is 14.2 Å². The summed E-state index contributed by atoms with van der Waals surface area (Å²) in [5, 5.41) is 2.79. The average molecular weight is 337 g/mol. The first-order chi connectivity index (χ1) is 11.4. The van der Waals surface area contributed by atoms with Gasteiger partial charge in [0.15, 0.2) is 0 Å². The summed E-state index contributed by atoms with van der Waals surface area (Å²) in [7, 11) is 8.36. The average Bonchev–Trinajstić information content (AvgIpc) is 2.58. The van der Waals surface area contributed by atoms with Gasteiger partial charge in [-0.05, 0) is 31.8 Å². The van der Waals surface area contributed by atoms with Crippen LogP contribution in [0.4, 0.5) is 4.79 Å². The lowest BCUT2D eigenvalue weighted by atomic mass is 10.0. The van der Waals surface area contributed by atoms with Crippen molar-refractivity contribution in [2.24, 2.45) is 0 Å². The zero-order valence-electron chi connectivity index (χ0n) is 15.0. The highest BCUT2D eigenvalue weighted by Gasteiger charge is 2.28. The van der Waals surface area contributed by atoms with E-state index in [0.717, 1.165) is 17.9 Å². The number of rotatable bonds is 8. The van der Waals surface area contributed by atoms with Gasteiger partial charge in [0.1, 0.15) is 11.8 Å². The fourth-order valence-electron chi connectivity index (χ4n) is 2.15. The van der Waals surface area contributed by atoms with E-state index in [-0.39, 0.29) is 6.03 Å². The van der Waals surface area contributed by atoms with Crippen molar-refractivity contribution >= 4 is 12.0 Å². The second-order valence-electron chi connectivity index (χ2n) is 5.74. The number of nitrogens with one attached hydrogen (secondary N) is 1. The van der Waals surface area contributed by atoms with Crippen LogP contribution in [0.15, 0.2) is 24.3 Å². The normalized spacial score (nSPS) is 11.8. The van der Waals surface area contributed by atoms with E-state index in [2.05, 4.69) is 5.32 Å². The maximum absolute atomic E-state index is 12.2. The molecule has 134 valence electrons. The Bertz CT molecular complexity index is 531. The van der Waals surface area contributed by atoms with Gasteiger partial charge in [0.2, 0.25) is 0 Å². The van der Waals surface area contributed by atoms with Crippen LogP contribution in [0.1, 0.15) is 5.56 Å². The number of urea groups is 1. The highest BCUT2D eigenvalue weighted by atomic mass is 16.5. The predicted molar refractivity (Wildman–Crippen MR) is 92.2 cm³/mol. The van der Waals surface area contributed by atoms with E-state index in [1.807, 2.05) is 43.3 Å². The van der Waals surface area contributed by atoms with Crippen LogP contribution < -0.4 is 10.1 Å². The lowest BCUT2D eigenvalue weighted by molar-refractivity contribution is -0.145. The SMILES string of the molecule is COC(=O)[C@H](Cc1ccc(OC)cc1)N(C)C(=O)NCCN(C)C. The van der Waals surface area contributed by atoms with Gasteiger partial charge in [-0.15, -0.1) is 0 Å². The van der Waals surface area contributed by atoms with Crippen molar-refractivity contribution in [1.29, 1.82) is 0 Å². The molecular formula is C17H27N3O4. The molecule has 1 rings (SSSR count). The van der Waals surface area contributed by atoms with Crippen molar-refractivity contribution in [3.63, 3.8) is 0 Å². The molecule has 1 aromatic carbocycles. The smallest absolute Gasteiger partial charge is 0.328 e. The van der Waals surface area contributed by atoms with Crippen LogP contribution in [-0.4, -0.2) is 76.3 Å². The molecule has 0 saturated carbocycles. The predicted octanol–water partition coefficient (Wildman–Crippen LogP) is 0.982.